The smallest absolute Gasteiger partial charge is 0.407 e. The van der Waals surface area contributed by atoms with Crippen LogP contribution < -0.4 is 26.6 Å². The van der Waals surface area contributed by atoms with Gasteiger partial charge in [-0.15, -0.1) is 0 Å². The van der Waals surface area contributed by atoms with Crippen LogP contribution in [-0.4, -0.2) is 184 Å². The van der Waals surface area contributed by atoms with E-state index in [1.165, 1.54) is 12.1 Å². The maximum absolute atomic E-state index is 14.0. The van der Waals surface area contributed by atoms with Crippen molar-refractivity contribution >= 4 is 39.8 Å². The van der Waals surface area contributed by atoms with Crippen molar-refractivity contribution in [3.8, 4) is 0 Å². The summed E-state index contributed by atoms with van der Waals surface area (Å²) >= 11 is 0. The van der Waals surface area contributed by atoms with E-state index in [9.17, 15) is 32.4 Å². The van der Waals surface area contributed by atoms with Gasteiger partial charge in [0.1, 0.15) is 5.60 Å². The second kappa shape index (κ2) is 32.7. The molecule has 5 N–H and O–H groups in total. The molecule has 1 aromatic carbocycles. The molecule has 0 saturated carbocycles. The zero-order valence-corrected chi connectivity index (χ0v) is 45.1. The zero-order chi connectivity index (χ0) is 53.1. The first-order valence-electron chi connectivity index (χ1n) is 26.3. The molecule has 0 aromatic heterocycles. The Balaban J connectivity index is 1.48. The molecule has 5 amide bonds. The number of aryl methyl sites for hydroxylation is 1. The molecule has 4 rings (SSSR count). The van der Waals surface area contributed by atoms with E-state index in [1.54, 1.807) is 32.9 Å². The maximum atomic E-state index is 14.0. The van der Waals surface area contributed by atoms with Gasteiger partial charge in [0.05, 0.1) is 62.0 Å². The third-order valence-corrected chi connectivity index (χ3v) is 13.8. The van der Waals surface area contributed by atoms with Crippen molar-refractivity contribution in [1.29, 1.82) is 0 Å². The Morgan fingerprint density at radius 3 is 1.60 bits per heavy atom. The minimum Gasteiger partial charge on any atom is -0.444 e. The molecule has 0 radical (unpaired) electrons. The van der Waals surface area contributed by atoms with Gasteiger partial charge in [-0.1, -0.05) is 56.5 Å². The standard InChI is InChI=1S/C52H85N7O13S/c1-7-9-32-69-45-41-13-11-15-43(45)49(62)55-23-28-59(31-36-71-73(65,66)40-19-17-39(3)18-20-40)29-24-56-50(63)44-16-12-14-42(46(44)70-33-10-8-2)48(61)54-22-27-58(26-21-53-47(41)60)30-35-68-38-37-67-34-25-57-51(64)72-52(4,5)6/h15-20,41-42,45-46H,7-14,21-38H2,1-6H3,(H,53,60)(H,54,61)(H,55,62)(H,56,63)(H,57,64)/t41-,42+,45?,46?. The number of carbonyl (C=O) groups excluding carboxylic acids is 5. The Morgan fingerprint density at radius 1 is 0.658 bits per heavy atom. The fourth-order valence-corrected chi connectivity index (χ4v) is 9.38. The van der Waals surface area contributed by atoms with Gasteiger partial charge in [-0.05, 0) is 78.4 Å². The molecule has 1 aromatic rings. The van der Waals surface area contributed by atoms with Crippen molar-refractivity contribution in [3.05, 3.63) is 53.1 Å². The third kappa shape index (κ3) is 22.5. The first kappa shape index (κ1) is 61.1. The predicted molar refractivity (Wildman–Crippen MR) is 276 cm³/mol. The number of hydrogen-bond donors (Lipinski definition) is 5. The highest BCUT2D eigenvalue weighted by molar-refractivity contribution is 7.86. The molecule has 2 aliphatic carbocycles. The fourth-order valence-electron chi connectivity index (χ4n) is 8.48. The molecule has 0 spiro atoms. The summed E-state index contributed by atoms with van der Waals surface area (Å²) in [5.74, 6) is -2.38. The lowest BCUT2D eigenvalue weighted by Crippen LogP contribution is -2.49. The van der Waals surface area contributed by atoms with Crippen molar-refractivity contribution in [2.75, 3.05) is 118 Å². The molecule has 4 atom stereocenters. The minimum absolute atomic E-state index is 0.0415. The number of ether oxygens (including phenoxy) is 5. The summed E-state index contributed by atoms with van der Waals surface area (Å²) in [5, 5.41) is 14.9. The highest BCUT2D eigenvalue weighted by Gasteiger charge is 2.38. The van der Waals surface area contributed by atoms with E-state index in [1.807, 2.05) is 37.8 Å². The Morgan fingerprint density at radius 2 is 1.12 bits per heavy atom. The summed E-state index contributed by atoms with van der Waals surface area (Å²) < 4.78 is 60.9. The molecule has 1 saturated heterocycles. The van der Waals surface area contributed by atoms with Crippen molar-refractivity contribution in [3.63, 3.8) is 0 Å². The lowest BCUT2D eigenvalue weighted by Gasteiger charge is -2.32. The van der Waals surface area contributed by atoms with Crippen molar-refractivity contribution in [2.45, 2.75) is 116 Å². The van der Waals surface area contributed by atoms with Crippen LogP contribution in [0.1, 0.15) is 91.5 Å². The number of nitrogens with one attached hydrogen (secondary N) is 5. The summed E-state index contributed by atoms with van der Waals surface area (Å²) in [6, 6.07) is 6.39. The van der Waals surface area contributed by atoms with Crippen molar-refractivity contribution < 1.29 is 60.3 Å². The van der Waals surface area contributed by atoms with Crippen LogP contribution in [-0.2, 0) is 57.2 Å². The van der Waals surface area contributed by atoms with E-state index < -0.39 is 45.9 Å². The van der Waals surface area contributed by atoms with Gasteiger partial charge in [-0.3, -0.25) is 33.2 Å². The monoisotopic (exact) mass is 1050 g/mol. The molecule has 20 nitrogen and oxygen atoms in total. The molecule has 412 valence electrons. The van der Waals surface area contributed by atoms with E-state index >= 15 is 0 Å². The number of benzene rings is 1. The summed E-state index contributed by atoms with van der Waals surface area (Å²) in [4.78, 5) is 71.9. The second-order valence-corrected chi connectivity index (χ2v) is 21.1. The van der Waals surface area contributed by atoms with Crippen LogP contribution in [0.5, 0.6) is 0 Å². The van der Waals surface area contributed by atoms with Crippen LogP contribution >= 0.6 is 0 Å². The Kier molecular flexibility index (Phi) is 27.4. The minimum atomic E-state index is -4.05. The van der Waals surface area contributed by atoms with E-state index in [0.29, 0.717) is 96.0 Å². The van der Waals surface area contributed by atoms with Gasteiger partial charge in [0.2, 0.25) is 23.6 Å². The topological polar surface area (TPSA) is 241 Å². The molecule has 2 unspecified atom stereocenters. The third-order valence-electron chi connectivity index (χ3n) is 12.5. The van der Waals surface area contributed by atoms with Gasteiger partial charge in [-0.2, -0.15) is 8.42 Å². The van der Waals surface area contributed by atoms with Crippen LogP contribution in [0.4, 0.5) is 4.79 Å². The van der Waals surface area contributed by atoms with Gasteiger partial charge >= 0.3 is 6.09 Å². The van der Waals surface area contributed by atoms with E-state index in [0.717, 1.165) is 31.2 Å². The fraction of sp³-hybridized carbons (Fsp3) is 0.712. The van der Waals surface area contributed by atoms with E-state index in [2.05, 4.69) is 31.5 Å². The number of alkyl carbamates (subject to hydrolysis) is 1. The summed E-state index contributed by atoms with van der Waals surface area (Å²) in [6.45, 7) is 16.5. The number of rotatable bonds is 22. The SMILES string of the molecule is CCCCOC1C2=CCC[C@@H]1C(=O)NCCN(CCOCCOCCNC(=O)OC(C)(C)C)CCNC(=O)[C@@H]1CCC=C(C(=O)NCCN(CCOS(=O)(=O)c3ccc(C)cc3)CCNC2=O)C1OCCCC. The summed E-state index contributed by atoms with van der Waals surface area (Å²) in [5.41, 5.74) is 1.09. The number of fused-ring (bicyclic) bond motifs is 4. The maximum Gasteiger partial charge on any atom is 0.407 e. The Hall–Kier alpha value is -4.48. The number of hydrogen-bond acceptors (Lipinski definition) is 15. The molecule has 1 heterocycles. The number of unbranched alkanes of at least 4 members (excludes halogenated alkanes) is 2. The summed E-state index contributed by atoms with van der Waals surface area (Å²) in [7, 11) is -4.05. The lowest BCUT2D eigenvalue weighted by atomic mass is 9.84. The predicted octanol–water partition coefficient (Wildman–Crippen LogP) is 3.38. The highest BCUT2D eigenvalue weighted by atomic mass is 32.2. The van der Waals surface area contributed by atoms with Crippen molar-refractivity contribution in [2.24, 2.45) is 11.8 Å². The largest absolute Gasteiger partial charge is 0.444 e. The Labute approximate surface area is 433 Å². The van der Waals surface area contributed by atoms with E-state index in [4.69, 9.17) is 27.9 Å². The molecule has 3 aliphatic rings. The molecule has 1 fully saturated rings. The number of carbonyl (C=O) groups is 5. The van der Waals surface area contributed by atoms with Crippen LogP contribution in [0.25, 0.3) is 0 Å². The van der Waals surface area contributed by atoms with Crippen LogP contribution in [0, 0.1) is 18.8 Å². The first-order chi connectivity index (χ1) is 35.0. The van der Waals surface area contributed by atoms with Crippen molar-refractivity contribution in [1.82, 2.24) is 36.4 Å². The van der Waals surface area contributed by atoms with Gasteiger partial charge in [0.25, 0.3) is 10.1 Å². The zero-order valence-electron chi connectivity index (χ0n) is 44.3. The highest BCUT2D eigenvalue weighted by Crippen LogP contribution is 2.30. The molecule has 4 bridgehead atoms. The number of allylic oxidation sites excluding steroid dienone is 2. The van der Waals surface area contributed by atoms with Gasteiger partial charge in [0, 0.05) is 96.4 Å². The van der Waals surface area contributed by atoms with Gasteiger partial charge < -0.3 is 50.3 Å². The van der Waals surface area contributed by atoms with Crippen LogP contribution in [0.15, 0.2) is 52.5 Å². The van der Waals surface area contributed by atoms with Gasteiger partial charge in [0.15, 0.2) is 0 Å². The molecule has 1 aliphatic heterocycles. The normalized spacial score (nSPS) is 21.9. The summed E-state index contributed by atoms with van der Waals surface area (Å²) in [6.07, 6.45) is 6.86. The molecular weight excluding hydrogens is 963 g/mol. The quantitative estimate of drug-likeness (QED) is 0.0827. The van der Waals surface area contributed by atoms with Crippen LogP contribution in [0.3, 0.4) is 0 Å². The second-order valence-electron chi connectivity index (χ2n) is 19.5. The van der Waals surface area contributed by atoms with E-state index in [-0.39, 0.29) is 87.6 Å². The van der Waals surface area contributed by atoms with Crippen LogP contribution in [0.2, 0.25) is 0 Å². The van der Waals surface area contributed by atoms with Gasteiger partial charge in [-0.25, -0.2) is 4.79 Å². The number of nitrogens with zero attached hydrogens (tertiary/aromatic N) is 2. The number of amides is 5. The Bertz CT molecular complexity index is 1970. The average molecular weight is 1050 g/mol. The molecule has 73 heavy (non-hydrogen) atoms. The first-order valence-corrected chi connectivity index (χ1v) is 27.7. The molecular formula is C52H85N7O13S. The molecule has 21 heteroatoms. The average Bonchev–Trinajstić information content (AvgIpc) is 3.34. The lowest BCUT2D eigenvalue weighted by molar-refractivity contribution is -0.132.